The van der Waals surface area contributed by atoms with Gasteiger partial charge < -0.3 is 5.32 Å². The summed E-state index contributed by atoms with van der Waals surface area (Å²) in [7, 11) is -3.86. The Morgan fingerprint density at radius 1 is 1.17 bits per heavy atom. The van der Waals surface area contributed by atoms with Crippen molar-refractivity contribution in [2.45, 2.75) is 13.0 Å². The second-order valence-corrected chi connectivity index (χ2v) is 7.96. The van der Waals surface area contributed by atoms with Crippen LogP contribution in [-0.4, -0.2) is 26.6 Å². The van der Waals surface area contributed by atoms with Gasteiger partial charge in [-0.05, 0) is 43.3 Å². The molecule has 0 fully saturated rings. The topological polar surface area (TPSA) is 66.5 Å². The van der Waals surface area contributed by atoms with E-state index in [-0.39, 0.29) is 5.69 Å². The summed E-state index contributed by atoms with van der Waals surface area (Å²) in [4.78, 5) is 12.4. The molecule has 0 bridgehead atoms. The number of halogens is 2. The molecule has 2 aromatic carbocycles. The van der Waals surface area contributed by atoms with Crippen LogP contribution in [0.15, 0.2) is 53.0 Å². The molecule has 2 aromatic rings. The third-order valence-electron chi connectivity index (χ3n) is 3.29. The maximum absolute atomic E-state index is 14.0. The van der Waals surface area contributed by atoms with E-state index in [1.807, 2.05) is 0 Å². The Morgan fingerprint density at radius 3 is 2.29 bits per heavy atom. The molecule has 0 aliphatic rings. The van der Waals surface area contributed by atoms with Crippen LogP contribution < -0.4 is 9.62 Å². The molecule has 0 aromatic heterocycles. The number of carbonyl (C=O) groups excluding carboxylic acids is 1. The van der Waals surface area contributed by atoms with Crippen molar-refractivity contribution in [3.8, 4) is 0 Å². The first-order valence-corrected chi connectivity index (χ1v) is 9.64. The van der Waals surface area contributed by atoms with Crippen molar-refractivity contribution >= 4 is 43.2 Å². The zero-order valence-corrected chi connectivity index (χ0v) is 15.4. The van der Waals surface area contributed by atoms with Gasteiger partial charge in [0.1, 0.15) is 11.9 Å². The molecule has 0 aliphatic carbocycles. The van der Waals surface area contributed by atoms with Crippen LogP contribution >= 0.6 is 15.9 Å². The zero-order valence-electron chi connectivity index (χ0n) is 13.0. The fourth-order valence-corrected chi connectivity index (χ4v) is 3.63. The van der Waals surface area contributed by atoms with Crippen molar-refractivity contribution in [3.63, 3.8) is 0 Å². The van der Waals surface area contributed by atoms with Gasteiger partial charge in [0.15, 0.2) is 0 Å². The van der Waals surface area contributed by atoms with Crippen LogP contribution in [0.2, 0.25) is 0 Å². The number of nitrogens with one attached hydrogen (secondary N) is 1. The monoisotopic (exact) mass is 414 g/mol. The summed E-state index contributed by atoms with van der Waals surface area (Å²) >= 11 is 3.29. The summed E-state index contributed by atoms with van der Waals surface area (Å²) in [6, 6.07) is 11.1. The van der Waals surface area contributed by atoms with Crippen molar-refractivity contribution in [3.05, 3.63) is 58.8 Å². The number of amides is 1. The summed E-state index contributed by atoms with van der Waals surface area (Å²) in [6.45, 7) is 1.40. The van der Waals surface area contributed by atoms with Crippen LogP contribution in [0.5, 0.6) is 0 Å². The second-order valence-electron chi connectivity index (χ2n) is 5.18. The average Bonchev–Trinajstić information content (AvgIpc) is 2.50. The largest absolute Gasteiger partial charge is 0.324 e. The normalized spacial score (nSPS) is 12.5. The van der Waals surface area contributed by atoms with Gasteiger partial charge in [-0.3, -0.25) is 9.10 Å². The molecule has 8 heteroatoms. The Balaban J connectivity index is 2.31. The number of sulfonamides is 1. The molecule has 0 spiro atoms. The van der Waals surface area contributed by atoms with E-state index in [9.17, 15) is 17.6 Å². The zero-order chi connectivity index (χ0) is 17.9. The van der Waals surface area contributed by atoms with Crippen LogP contribution in [0.25, 0.3) is 0 Å². The summed E-state index contributed by atoms with van der Waals surface area (Å²) in [5.74, 6) is -1.28. The first-order valence-electron chi connectivity index (χ1n) is 7.00. The number of rotatable bonds is 5. The summed E-state index contributed by atoms with van der Waals surface area (Å²) in [6.07, 6.45) is 0.933. The van der Waals surface area contributed by atoms with Gasteiger partial charge in [0, 0.05) is 10.2 Å². The molecule has 0 heterocycles. The van der Waals surface area contributed by atoms with Crippen LogP contribution in [0.3, 0.4) is 0 Å². The molecule has 2 rings (SSSR count). The summed E-state index contributed by atoms with van der Waals surface area (Å²) < 4.78 is 39.8. The van der Waals surface area contributed by atoms with E-state index in [0.717, 1.165) is 21.1 Å². The standard InChI is InChI=1S/C16H16BrFN2O3S/c1-11(16(21)19-13-9-7-12(17)8-10-13)20(24(2,22)23)15-6-4-3-5-14(15)18/h3-11H,1-2H3,(H,19,21). The highest BCUT2D eigenvalue weighted by atomic mass is 79.9. The molecule has 0 saturated carbocycles. The molecule has 1 unspecified atom stereocenters. The fraction of sp³-hybridized carbons (Fsp3) is 0.188. The lowest BCUT2D eigenvalue weighted by Crippen LogP contribution is -2.45. The molecule has 0 saturated heterocycles. The first kappa shape index (κ1) is 18.4. The predicted octanol–water partition coefficient (Wildman–Crippen LogP) is 3.38. The van der Waals surface area contributed by atoms with Crippen molar-refractivity contribution in [1.29, 1.82) is 0 Å². The van der Waals surface area contributed by atoms with Crippen molar-refractivity contribution in [1.82, 2.24) is 0 Å². The third kappa shape index (κ3) is 4.33. The van der Waals surface area contributed by atoms with Gasteiger partial charge in [0.2, 0.25) is 15.9 Å². The molecular weight excluding hydrogens is 399 g/mol. The van der Waals surface area contributed by atoms with Crippen molar-refractivity contribution < 1.29 is 17.6 Å². The Bertz CT molecular complexity index is 841. The van der Waals surface area contributed by atoms with E-state index < -0.39 is 27.8 Å². The maximum Gasteiger partial charge on any atom is 0.247 e. The van der Waals surface area contributed by atoms with Gasteiger partial charge in [-0.15, -0.1) is 0 Å². The molecule has 0 radical (unpaired) electrons. The average molecular weight is 415 g/mol. The lowest BCUT2D eigenvalue weighted by molar-refractivity contribution is -0.116. The van der Waals surface area contributed by atoms with Crippen LogP contribution in [0.1, 0.15) is 6.92 Å². The minimum atomic E-state index is -3.86. The predicted molar refractivity (Wildman–Crippen MR) is 96.0 cm³/mol. The molecule has 0 aliphatic heterocycles. The molecule has 128 valence electrons. The second kappa shape index (κ2) is 7.31. The highest BCUT2D eigenvalue weighted by Crippen LogP contribution is 2.24. The van der Waals surface area contributed by atoms with E-state index in [1.54, 1.807) is 24.3 Å². The van der Waals surface area contributed by atoms with E-state index in [0.29, 0.717) is 5.69 Å². The lowest BCUT2D eigenvalue weighted by atomic mass is 10.2. The third-order valence-corrected chi connectivity index (χ3v) is 5.05. The Morgan fingerprint density at radius 2 is 1.75 bits per heavy atom. The van der Waals surface area contributed by atoms with E-state index >= 15 is 0 Å². The maximum atomic E-state index is 14.0. The molecule has 24 heavy (non-hydrogen) atoms. The molecular formula is C16H16BrFN2O3S. The number of para-hydroxylation sites is 1. The number of benzene rings is 2. The number of anilines is 2. The summed E-state index contributed by atoms with van der Waals surface area (Å²) in [5, 5.41) is 2.62. The first-order chi connectivity index (χ1) is 11.2. The van der Waals surface area contributed by atoms with Gasteiger partial charge in [0.05, 0.1) is 11.9 Å². The van der Waals surface area contributed by atoms with Gasteiger partial charge >= 0.3 is 0 Å². The Hall–Kier alpha value is -1.93. The smallest absolute Gasteiger partial charge is 0.247 e. The van der Waals surface area contributed by atoms with Gasteiger partial charge in [0.25, 0.3) is 0 Å². The van der Waals surface area contributed by atoms with Gasteiger partial charge in [-0.2, -0.15) is 0 Å². The number of carbonyl (C=O) groups is 1. The Kier molecular flexibility index (Phi) is 5.61. The van der Waals surface area contributed by atoms with Gasteiger partial charge in [-0.25, -0.2) is 12.8 Å². The molecule has 1 amide bonds. The highest BCUT2D eigenvalue weighted by molar-refractivity contribution is 9.10. The number of hydrogen-bond donors (Lipinski definition) is 1. The van der Waals surface area contributed by atoms with E-state index in [1.165, 1.54) is 25.1 Å². The molecule has 1 N–H and O–H groups in total. The number of nitrogens with zero attached hydrogens (tertiary/aromatic N) is 1. The SMILES string of the molecule is CC(C(=O)Nc1ccc(Br)cc1)N(c1ccccc1F)S(C)(=O)=O. The van der Waals surface area contributed by atoms with E-state index in [4.69, 9.17) is 0 Å². The van der Waals surface area contributed by atoms with Crippen LogP contribution in [-0.2, 0) is 14.8 Å². The summed E-state index contributed by atoms with van der Waals surface area (Å²) in [5.41, 5.74) is 0.343. The fourth-order valence-electron chi connectivity index (χ4n) is 2.19. The minimum absolute atomic E-state index is 0.168. The lowest BCUT2D eigenvalue weighted by Gasteiger charge is -2.28. The van der Waals surface area contributed by atoms with Gasteiger partial charge in [-0.1, -0.05) is 28.1 Å². The Labute approximate surface area is 148 Å². The molecule has 1 atom stereocenters. The number of hydrogen-bond acceptors (Lipinski definition) is 3. The van der Waals surface area contributed by atoms with E-state index in [2.05, 4.69) is 21.2 Å². The van der Waals surface area contributed by atoms with Crippen LogP contribution in [0.4, 0.5) is 15.8 Å². The highest BCUT2D eigenvalue weighted by Gasteiger charge is 2.30. The van der Waals surface area contributed by atoms with Crippen molar-refractivity contribution in [2.75, 3.05) is 15.9 Å². The van der Waals surface area contributed by atoms with Crippen LogP contribution in [0, 0.1) is 5.82 Å². The minimum Gasteiger partial charge on any atom is -0.324 e. The molecule has 5 nitrogen and oxygen atoms in total. The quantitative estimate of drug-likeness (QED) is 0.815. The van der Waals surface area contributed by atoms with Crippen molar-refractivity contribution in [2.24, 2.45) is 0 Å².